The van der Waals surface area contributed by atoms with Crippen molar-refractivity contribution in [3.63, 3.8) is 0 Å². The van der Waals surface area contributed by atoms with E-state index in [1.807, 2.05) is 6.07 Å². The average molecular weight is 536 g/mol. The molecule has 0 unspecified atom stereocenters. The van der Waals surface area contributed by atoms with Gasteiger partial charge in [0.2, 0.25) is 5.91 Å². The molecule has 0 fully saturated rings. The van der Waals surface area contributed by atoms with Gasteiger partial charge in [-0.15, -0.1) is 0 Å². The number of nitro groups is 1. The smallest absolute Gasteiger partial charge is 0.295 e. The summed E-state index contributed by atoms with van der Waals surface area (Å²) in [5.41, 5.74) is 0.969. The Bertz CT molecular complexity index is 1680. The highest BCUT2D eigenvalue weighted by atomic mass is 32.2. The van der Waals surface area contributed by atoms with Crippen molar-refractivity contribution in [2.45, 2.75) is 18.7 Å². The Kier molecular flexibility index (Phi) is 7.17. The number of anilines is 2. The number of nitrogens with one attached hydrogen (secondary N) is 1. The van der Waals surface area contributed by atoms with Gasteiger partial charge in [0.1, 0.15) is 12.2 Å². The van der Waals surface area contributed by atoms with Gasteiger partial charge in [0, 0.05) is 19.2 Å². The Morgan fingerprint density at radius 3 is 2.29 bits per heavy atom. The van der Waals surface area contributed by atoms with Gasteiger partial charge in [0.15, 0.2) is 0 Å². The molecular formula is C26H25N5O6S. The second kappa shape index (κ2) is 10.3. The summed E-state index contributed by atoms with van der Waals surface area (Å²) in [4.78, 5) is 37.0. The molecular weight excluding hydrogens is 510 g/mol. The lowest BCUT2D eigenvalue weighted by molar-refractivity contribution is -0.384. The second-order valence-electron chi connectivity index (χ2n) is 8.59. The van der Waals surface area contributed by atoms with Gasteiger partial charge in [-0.3, -0.25) is 28.7 Å². The summed E-state index contributed by atoms with van der Waals surface area (Å²) in [5, 5.41) is 13.9. The van der Waals surface area contributed by atoms with E-state index < -0.39 is 33.0 Å². The molecule has 0 spiro atoms. The number of nitrogens with zero attached hydrogens (tertiary/aromatic N) is 4. The Balaban J connectivity index is 1.72. The van der Waals surface area contributed by atoms with Crippen LogP contribution < -0.4 is 15.2 Å². The molecule has 11 nitrogen and oxygen atoms in total. The highest BCUT2D eigenvalue weighted by Crippen LogP contribution is 2.27. The van der Waals surface area contributed by atoms with Gasteiger partial charge in [0.25, 0.3) is 21.3 Å². The number of nitro benzene ring substituents is 1. The molecule has 0 atom stereocenters. The van der Waals surface area contributed by atoms with Crippen molar-refractivity contribution in [3.05, 3.63) is 111 Å². The van der Waals surface area contributed by atoms with Gasteiger partial charge in [-0.05, 0) is 44.2 Å². The van der Waals surface area contributed by atoms with Crippen LogP contribution in [0.4, 0.5) is 17.1 Å². The van der Waals surface area contributed by atoms with Crippen molar-refractivity contribution < 1.29 is 18.1 Å². The first-order chi connectivity index (χ1) is 18.0. The van der Waals surface area contributed by atoms with Crippen LogP contribution in [-0.4, -0.2) is 35.2 Å². The van der Waals surface area contributed by atoms with E-state index in [0.29, 0.717) is 11.4 Å². The molecule has 3 aromatic carbocycles. The molecule has 0 aliphatic heterocycles. The van der Waals surface area contributed by atoms with Gasteiger partial charge in [-0.1, -0.05) is 42.0 Å². The van der Waals surface area contributed by atoms with Crippen LogP contribution in [0.25, 0.3) is 5.69 Å². The number of carbonyl (C=O) groups is 1. The monoisotopic (exact) mass is 535 g/mol. The van der Waals surface area contributed by atoms with Crippen molar-refractivity contribution in [3.8, 4) is 5.69 Å². The van der Waals surface area contributed by atoms with Gasteiger partial charge in [-0.25, -0.2) is 13.1 Å². The number of non-ortho nitro benzene ring substituents is 1. The molecule has 4 rings (SSSR count). The summed E-state index contributed by atoms with van der Waals surface area (Å²) in [6, 6.07) is 19.8. The summed E-state index contributed by atoms with van der Waals surface area (Å²) in [6.45, 7) is 2.72. The van der Waals surface area contributed by atoms with Crippen LogP contribution in [0.3, 0.4) is 0 Å². The maximum absolute atomic E-state index is 13.6. The maximum Gasteiger partial charge on any atom is 0.295 e. The number of carbonyl (C=O) groups excluding carboxylic acids is 1. The molecule has 4 aromatic rings. The van der Waals surface area contributed by atoms with E-state index in [9.17, 15) is 28.1 Å². The molecule has 12 heteroatoms. The van der Waals surface area contributed by atoms with Crippen molar-refractivity contribution in [1.82, 2.24) is 9.36 Å². The standard InChI is InChI=1S/C26H25N5O6S/c1-18-12-14-23(15-13-18)38(36,37)29(21-10-7-11-22(16-21)31(34)35)17-24(32)27-25-19(2)28(3)30(26(25)33)20-8-5-4-6-9-20/h4-16H,17H2,1-3H3,(H,27,32). The normalized spacial score (nSPS) is 11.2. The number of sulfonamides is 1. The number of aryl methyl sites for hydroxylation is 1. The zero-order valence-electron chi connectivity index (χ0n) is 20.9. The summed E-state index contributed by atoms with van der Waals surface area (Å²) in [6.07, 6.45) is 0. The highest BCUT2D eigenvalue weighted by molar-refractivity contribution is 7.92. The first-order valence-electron chi connectivity index (χ1n) is 11.5. The minimum atomic E-state index is -4.31. The molecule has 0 saturated heterocycles. The van der Waals surface area contributed by atoms with Crippen LogP contribution in [0.1, 0.15) is 11.3 Å². The molecule has 1 amide bonds. The Morgan fingerprint density at radius 2 is 1.66 bits per heavy atom. The number of aromatic nitrogens is 2. The molecule has 1 N–H and O–H groups in total. The number of amides is 1. The third-order valence-electron chi connectivity index (χ3n) is 6.04. The zero-order valence-corrected chi connectivity index (χ0v) is 21.7. The SMILES string of the molecule is Cc1ccc(S(=O)(=O)N(CC(=O)Nc2c(C)n(C)n(-c3ccccc3)c2=O)c2cccc([N+](=O)[O-])c2)cc1. The number of para-hydroxylation sites is 1. The molecule has 38 heavy (non-hydrogen) atoms. The second-order valence-corrected chi connectivity index (χ2v) is 10.4. The van der Waals surface area contributed by atoms with Crippen LogP contribution in [0.5, 0.6) is 0 Å². The fourth-order valence-electron chi connectivity index (χ4n) is 3.94. The fraction of sp³-hybridized carbons (Fsp3) is 0.154. The lowest BCUT2D eigenvalue weighted by atomic mass is 10.2. The molecule has 0 aliphatic carbocycles. The predicted octanol–water partition coefficient (Wildman–Crippen LogP) is 3.54. The first kappa shape index (κ1) is 26.4. The van der Waals surface area contributed by atoms with Crippen molar-refractivity contribution >= 4 is 33.0 Å². The van der Waals surface area contributed by atoms with Crippen LogP contribution in [-0.2, 0) is 21.9 Å². The lowest BCUT2D eigenvalue weighted by Gasteiger charge is -2.24. The van der Waals surface area contributed by atoms with Crippen molar-refractivity contribution in [1.29, 1.82) is 0 Å². The van der Waals surface area contributed by atoms with Gasteiger partial charge in [-0.2, -0.15) is 0 Å². The number of hydrogen-bond donors (Lipinski definition) is 1. The third-order valence-corrected chi connectivity index (χ3v) is 7.83. The molecule has 0 saturated carbocycles. The Hall–Kier alpha value is -4.71. The van der Waals surface area contributed by atoms with Gasteiger partial charge >= 0.3 is 0 Å². The van der Waals surface area contributed by atoms with Crippen LogP contribution in [0.2, 0.25) is 0 Å². The Morgan fingerprint density at radius 1 is 1.00 bits per heavy atom. The van der Waals surface area contributed by atoms with Crippen molar-refractivity contribution in [2.24, 2.45) is 7.05 Å². The number of hydrogen-bond acceptors (Lipinski definition) is 6. The highest BCUT2D eigenvalue weighted by Gasteiger charge is 2.29. The van der Waals surface area contributed by atoms with Crippen LogP contribution >= 0.6 is 0 Å². The summed E-state index contributed by atoms with van der Waals surface area (Å²) in [7, 11) is -2.64. The van der Waals surface area contributed by atoms with E-state index >= 15 is 0 Å². The topological polar surface area (TPSA) is 137 Å². The third kappa shape index (κ3) is 5.06. The van der Waals surface area contributed by atoms with Gasteiger partial charge in [0.05, 0.1) is 26.9 Å². The average Bonchev–Trinajstić information content (AvgIpc) is 3.10. The first-order valence-corrected chi connectivity index (χ1v) is 12.9. The largest absolute Gasteiger partial charge is 0.318 e. The summed E-state index contributed by atoms with van der Waals surface area (Å²) in [5.74, 6) is -0.793. The zero-order chi connectivity index (χ0) is 27.6. The molecule has 0 radical (unpaired) electrons. The quantitative estimate of drug-likeness (QED) is 0.271. The molecule has 1 heterocycles. The molecule has 0 aliphatic rings. The summed E-state index contributed by atoms with van der Waals surface area (Å²) >= 11 is 0. The maximum atomic E-state index is 13.6. The molecule has 0 bridgehead atoms. The van der Waals surface area contributed by atoms with Crippen molar-refractivity contribution in [2.75, 3.05) is 16.2 Å². The summed E-state index contributed by atoms with van der Waals surface area (Å²) < 4.78 is 30.9. The minimum absolute atomic E-state index is 0.00641. The minimum Gasteiger partial charge on any atom is -0.318 e. The molecule has 196 valence electrons. The van der Waals surface area contributed by atoms with Crippen LogP contribution in [0, 0.1) is 24.0 Å². The number of rotatable bonds is 8. The van der Waals surface area contributed by atoms with E-state index in [2.05, 4.69) is 5.32 Å². The van der Waals surface area contributed by atoms with E-state index in [1.54, 1.807) is 62.0 Å². The Labute approximate surface area is 218 Å². The lowest BCUT2D eigenvalue weighted by Crippen LogP contribution is -2.38. The predicted molar refractivity (Wildman–Crippen MR) is 143 cm³/mol. The van der Waals surface area contributed by atoms with E-state index in [0.717, 1.165) is 15.9 Å². The van der Waals surface area contributed by atoms with E-state index in [1.165, 1.54) is 35.0 Å². The van der Waals surface area contributed by atoms with Crippen LogP contribution in [0.15, 0.2) is 88.6 Å². The van der Waals surface area contributed by atoms with E-state index in [-0.39, 0.29) is 22.0 Å². The van der Waals surface area contributed by atoms with E-state index in [4.69, 9.17) is 0 Å². The fourth-order valence-corrected chi connectivity index (χ4v) is 5.35. The molecule has 1 aromatic heterocycles. The van der Waals surface area contributed by atoms with Gasteiger partial charge < -0.3 is 5.32 Å². The number of benzene rings is 3.